The fraction of sp³-hybridized carbons (Fsp3) is 0.300. The largest absolute Gasteiger partial charge is 0.355 e. The third-order valence-corrected chi connectivity index (χ3v) is 9.93. The molecule has 47 heavy (non-hydrogen) atoms. The summed E-state index contributed by atoms with van der Waals surface area (Å²) >= 11 is 0. The molecule has 0 aliphatic carbocycles. The van der Waals surface area contributed by atoms with E-state index in [9.17, 15) is 10.1 Å². The summed E-state index contributed by atoms with van der Waals surface area (Å²) in [5.74, 6) is 0. The summed E-state index contributed by atoms with van der Waals surface area (Å²) in [5, 5.41) is 11.3. The first-order chi connectivity index (χ1) is 22.6. The Labute approximate surface area is 276 Å². The molecule has 0 radical (unpaired) electrons. The summed E-state index contributed by atoms with van der Waals surface area (Å²) in [4.78, 5) is 29.1. The molecule has 6 rings (SSSR count). The van der Waals surface area contributed by atoms with Crippen LogP contribution >= 0.6 is 0 Å². The summed E-state index contributed by atoms with van der Waals surface area (Å²) in [6.45, 7) is 17.5. The lowest BCUT2D eigenvalue weighted by Gasteiger charge is -2.07. The Morgan fingerprint density at radius 2 is 1.21 bits per heavy atom. The number of benzene rings is 1. The molecule has 0 spiro atoms. The molecule has 0 atom stereocenters. The summed E-state index contributed by atoms with van der Waals surface area (Å²) in [6, 6.07) is 13.3. The van der Waals surface area contributed by atoms with Gasteiger partial charge < -0.3 is 9.97 Å². The standard InChI is InChI=1S/C40H43N5O2/c1-9-28-23(6)34-20-38-30(11-3)25(8)39(44-38)32(18-15-26-13-16-27(17-14-26)45(46)47)40-31(12-4)24(7)35(43-40)21-37-29(10-2)22(5)33(41-37)19-36(28)42-34/h13-21,41-42H,9-12H2,1-8H3/b18-15+,33-19?,34-20?,35-21?,36-19?,37-21?,38-20?,39-32?,40-32?. The van der Waals surface area contributed by atoms with E-state index < -0.39 is 0 Å². The summed E-state index contributed by atoms with van der Waals surface area (Å²) < 4.78 is 0. The summed E-state index contributed by atoms with van der Waals surface area (Å²) in [6.07, 6.45) is 7.60. The topological polar surface area (TPSA) is 100 Å². The van der Waals surface area contributed by atoms with Gasteiger partial charge in [0.05, 0.1) is 27.7 Å². The van der Waals surface area contributed by atoms with Gasteiger partial charge in [-0.05, 0) is 134 Å². The number of nitrogens with one attached hydrogen (secondary N) is 2. The molecule has 5 heterocycles. The van der Waals surface area contributed by atoms with Gasteiger partial charge >= 0.3 is 0 Å². The molecule has 0 saturated heterocycles. The van der Waals surface area contributed by atoms with Crippen LogP contribution in [-0.4, -0.2) is 24.9 Å². The van der Waals surface area contributed by atoms with Gasteiger partial charge in [-0.25, -0.2) is 9.97 Å². The molecule has 2 N–H and O–H groups in total. The van der Waals surface area contributed by atoms with Crippen molar-refractivity contribution < 1.29 is 4.92 Å². The van der Waals surface area contributed by atoms with Gasteiger partial charge in [0.1, 0.15) is 0 Å². The number of nitro groups is 1. The second kappa shape index (κ2) is 12.6. The smallest absolute Gasteiger partial charge is 0.269 e. The van der Waals surface area contributed by atoms with Gasteiger partial charge in [-0.3, -0.25) is 10.1 Å². The van der Waals surface area contributed by atoms with Crippen LogP contribution in [0.4, 0.5) is 5.69 Å². The Morgan fingerprint density at radius 3 is 1.79 bits per heavy atom. The molecule has 0 unspecified atom stereocenters. The van der Waals surface area contributed by atoms with Crippen molar-refractivity contribution in [2.24, 2.45) is 0 Å². The number of aromatic nitrogens is 4. The van der Waals surface area contributed by atoms with E-state index in [1.807, 2.05) is 6.08 Å². The lowest BCUT2D eigenvalue weighted by atomic mass is 9.96. The first-order valence-electron chi connectivity index (χ1n) is 16.7. The van der Waals surface area contributed by atoms with Gasteiger partial charge in [-0.1, -0.05) is 39.8 Å². The Morgan fingerprint density at radius 1 is 0.660 bits per heavy atom. The minimum atomic E-state index is -0.372. The molecule has 7 nitrogen and oxygen atoms in total. The zero-order valence-corrected chi connectivity index (χ0v) is 28.7. The van der Waals surface area contributed by atoms with Crippen LogP contribution in [0.5, 0.6) is 0 Å². The van der Waals surface area contributed by atoms with Crippen molar-refractivity contribution in [2.45, 2.75) is 81.1 Å². The molecule has 2 aliphatic heterocycles. The first kappa shape index (κ1) is 31.9. The van der Waals surface area contributed by atoms with E-state index in [4.69, 9.17) is 9.97 Å². The number of aryl methyl sites for hydroxylation is 4. The molecule has 2 aliphatic rings. The van der Waals surface area contributed by atoms with Crippen LogP contribution in [0.1, 0.15) is 111 Å². The van der Waals surface area contributed by atoms with Crippen LogP contribution in [-0.2, 0) is 12.8 Å². The first-order valence-corrected chi connectivity index (χ1v) is 16.7. The predicted octanol–water partition coefficient (Wildman–Crippen LogP) is 10.8. The highest BCUT2D eigenvalue weighted by molar-refractivity contribution is 6.00. The number of nitrogens with zero attached hydrogens (tertiary/aromatic N) is 3. The molecule has 240 valence electrons. The number of fused-ring (bicyclic) bond motifs is 8. The quantitative estimate of drug-likeness (QED) is 0.158. The molecular formula is C40H43N5O2. The Bertz CT molecular complexity index is 2190. The third-order valence-electron chi connectivity index (χ3n) is 9.93. The van der Waals surface area contributed by atoms with Gasteiger partial charge in [0.25, 0.3) is 5.69 Å². The molecular weight excluding hydrogens is 582 g/mol. The molecule has 0 saturated carbocycles. The van der Waals surface area contributed by atoms with Crippen LogP contribution in [0.3, 0.4) is 0 Å². The van der Waals surface area contributed by atoms with Crippen LogP contribution in [0, 0.1) is 24.0 Å². The zero-order chi connectivity index (χ0) is 33.6. The Balaban J connectivity index is 1.78. The maximum absolute atomic E-state index is 11.3. The van der Waals surface area contributed by atoms with Crippen molar-refractivity contribution in [3.63, 3.8) is 0 Å². The van der Waals surface area contributed by atoms with Crippen LogP contribution in [0.2, 0.25) is 0 Å². The average molecular weight is 626 g/mol. The maximum Gasteiger partial charge on any atom is 0.269 e. The number of rotatable bonds is 7. The Hall–Kier alpha value is -5.04. The highest BCUT2D eigenvalue weighted by atomic mass is 16.6. The highest BCUT2D eigenvalue weighted by Crippen LogP contribution is 2.40. The number of allylic oxidation sites excluding steroid dienone is 4. The average Bonchev–Trinajstić information content (AvgIpc) is 3.74. The van der Waals surface area contributed by atoms with Crippen molar-refractivity contribution in [1.82, 2.24) is 19.9 Å². The van der Waals surface area contributed by atoms with E-state index in [1.165, 1.54) is 33.4 Å². The molecule has 1 aromatic carbocycles. The van der Waals surface area contributed by atoms with Crippen molar-refractivity contribution in [2.75, 3.05) is 0 Å². The molecule has 7 heteroatoms. The number of aromatic amines is 2. The number of H-pyrrole nitrogens is 2. The van der Waals surface area contributed by atoms with Gasteiger partial charge in [-0.2, -0.15) is 0 Å². The van der Waals surface area contributed by atoms with E-state index in [0.717, 1.165) is 92.8 Å². The minimum absolute atomic E-state index is 0.0726. The van der Waals surface area contributed by atoms with E-state index >= 15 is 0 Å². The van der Waals surface area contributed by atoms with Gasteiger partial charge in [0.2, 0.25) is 0 Å². The summed E-state index contributed by atoms with van der Waals surface area (Å²) in [5.41, 5.74) is 19.9. The zero-order valence-electron chi connectivity index (χ0n) is 28.7. The van der Waals surface area contributed by atoms with Crippen molar-refractivity contribution in [3.8, 4) is 0 Å². The molecule has 8 bridgehead atoms. The predicted molar refractivity (Wildman–Crippen MR) is 197 cm³/mol. The van der Waals surface area contributed by atoms with E-state index in [2.05, 4.69) is 89.6 Å². The van der Waals surface area contributed by atoms with E-state index in [0.29, 0.717) is 0 Å². The summed E-state index contributed by atoms with van der Waals surface area (Å²) in [7, 11) is 0. The van der Waals surface area contributed by atoms with Crippen LogP contribution < -0.4 is 0 Å². The molecule has 3 aromatic heterocycles. The third kappa shape index (κ3) is 5.54. The normalized spacial score (nSPS) is 13.4. The lowest BCUT2D eigenvalue weighted by molar-refractivity contribution is -0.384. The molecule has 0 fully saturated rings. The molecule has 4 aromatic rings. The second-order valence-corrected chi connectivity index (χ2v) is 12.5. The Kier molecular flexibility index (Phi) is 8.58. The van der Waals surface area contributed by atoms with Crippen molar-refractivity contribution in [1.29, 1.82) is 0 Å². The minimum Gasteiger partial charge on any atom is -0.355 e. The molecule has 0 amide bonds. The number of non-ortho nitro benzene ring substituents is 1. The highest BCUT2D eigenvalue weighted by Gasteiger charge is 2.24. The number of hydrogen-bond donors (Lipinski definition) is 2. The number of hydrogen-bond acceptors (Lipinski definition) is 4. The van der Waals surface area contributed by atoms with Crippen molar-refractivity contribution in [3.05, 3.63) is 109 Å². The fourth-order valence-electron chi connectivity index (χ4n) is 7.21. The van der Waals surface area contributed by atoms with E-state index in [-0.39, 0.29) is 10.6 Å². The van der Waals surface area contributed by atoms with E-state index in [1.54, 1.807) is 24.3 Å². The lowest BCUT2D eigenvalue weighted by Crippen LogP contribution is -1.93. The van der Waals surface area contributed by atoms with Gasteiger partial charge in [0.15, 0.2) is 0 Å². The maximum atomic E-state index is 11.3. The van der Waals surface area contributed by atoms with Crippen LogP contribution in [0.15, 0.2) is 42.5 Å². The van der Waals surface area contributed by atoms with Gasteiger partial charge in [-0.15, -0.1) is 0 Å². The van der Waals surface area contributed by atoms with Crippen molar-refractivity contribution >= 4 is 62.2 Å². The fourth-order valence-corrected chi connectivity index (χ4v) is 7.21. The van der Waals surface area contributed by atoms with Crippen LogP contribution in [0.25, 0.3) is 56.5 Å². The number of nitro benzene ring substituents is 1. The SMILES string of the molecule is CCC1=C(C)c2nc1cc1[nH]c(cc3[nH]c(cc4nc(c2/C=C/c2ccc([N+](=O)[O-])cc2)C(CC)=C4C)c(CC)c3C)c(CC)c1C. The second-order valence-electron chi connectivity index (χ2n) is 12.5. The monoisotopic (exact) mass is 625 g/mol. The van der Waals surface area contributed by atoms with Gasteiger partial charge in [0, 0.05) is 39.8 Å².